The van der Waals surface area contributed by atoms with Crippen LogP contribution in [0.4, 0.5) is 0 Å². The maximum atomic E-state index is 10.5. The molecule has 17 heavy (non-hydrogen) atoms. The van der Waals surface area contributed by atoms with E-state index in [1.807, 2.05) is 39.0 Å². The average Bonchev–Trinajstić information content (AvgIpc) is 2.21. The van der Waals surface area contributed by atoms with Crippen LogP contribution in [-0.2, 0) is 17.5 Å². The van der Waals surface area contributed by atoms with E-state index in [0.29, 0.717) is 6.42 Å². The Morgan fingerprint density at radius 2 is 2.18 bits per heavy atom. The Hall–Kier alpha value is -1.37. The second kappa shape index (κ2) is 6.39. The maximum absolute atomic E-state index is 10.5. The van der Waals surface area contributed by atoms with Gasteiger partial charge in [0.05, 0.1) is 0 Å². The third kappa shape index (κ3) is 4.56. The van der Waals surface area contributed by atoms with Gasteiger partial charge in [0.25, 0.3) is 0 Å². The van der Waals surface area contributed by atoms with Gasteiger partial charge < -0.3 is 0 Å². The second-order valence-corrected chi connectivity index (χ2v) is 4.77. The van der Waals surface area contributed by atoms with Crippen molar-refractivity contribution in [2.24, 2.45) is 0 Å². The molecule has 1 unspecified atom stereocenters. The SMILES string of the molecule is CC(C)=Cc1cccc(C)c1CC#CS(=O)O. The Labute approximate surface area is 105 Å². The molecule has 0 saturated heterocycles. The Balaban J connectivity index is 3.09. The highest BCUT2D eigenvalue weighted by atomic mass is 32.2. The summed E-state index contributed by atoms with van der Waals surface area (Å²) in [6, 6.07) is 6.06. The van der Waals surface area contributed by atoms with Gasteiger partial charge >= 0.3 is 0 Å². The number of aryl methyl sites for hydroxylation is 1. The molecule has 0 aliphatic carbocycles. The summed E-state index contributed by atoms with van der Waals surface area (Å²) in [7, 11) is 0. The van der Waals surface area contributed by atoms with Gasteiger partial charge in [-0.1, -0.05) is 35.8 Å². The Morgan fingerprint density at radius 3 is 2.76 bits per heavy atom. The van der Waals surface area contributed by atoms with Gasteiger partial charge in [0.2, 0.25) is 11.1 Å². The number of hydrogen-bond acceptors (Lipinski definition) is 1. The van der Waals surface area contributed by atoms with E-state index in [2.05, 4.69) is 17.2 Å². The molecule has 1 rings (SSSR count). The van der Waals surface area contributed by atoms with E-state index in [1.165, 1.54) is 5.57 Å². The van der Waals surface area contributed by atoms with Crippen molar-refractivity contribution in [3.05, 3.63) is 40.5 Å². The minimum Gasteiger partial charge on any atom is -0.296 e. The van der Waals surface area contributed by atoms with Gasteiger partial charge in [0, 0.05) is 11.7 Å². The highest BCUT2D eigenvalue weighted by Crippen LogP contribution is 2.17. The second-order valence-electron chi connectivity index (χ2n) is 4.07. The topological polar surface area (TPSA) is 37.3 Å². The van der Waals surface area contributed by atoms with Crippen LogP contribution in [0.1, 0.15) is 30.5 Å². The summed E-state index contributed by atoms with van der Waals surface area (Å²) in [4.78, 5) is 0. The van der Waals surface area contributed by atoms with E-state index in [0.717, 1.165) is 16.7 Å². The van der Waals surface area contributed by atoms with Crippen LogP contribution in [-0.4, -0.2) is 8.76 Å². The molecular weight excluding hydrogens is 232 g/mol. The van der Waals surface area contributed by atoms with Gasteiger partial charge in [-0.15, -0.1) is 0 Å². The van der Waals surface area contributed by atoms with Gasteiger partial charge in [-0.2, -0.15) is 0 Å². The van der Waals surface area contributed by atoms with Crippen molar-refractivity contribution in [3.8, 4) is 11.2 Å². The van der Waals surface area contributed by atoms with Gasteiger partial charge in [-0.05, 0) is 37.5 Å². The summed E-state index contributed by atoms with van der Waals surface area (Å²) in [6.45, 7) is 6.11. The predicted molar refractivity (Wildman–Crippen MR) is 72.8 cm³/mol. The molecule has 0 bridgehead atoms. The van der Waals surface area contributed by atoms with Crippen molar-refractivity contribution >= 4 is 17.2 Å². The van der Waals surface area contributed by atoms with Gasteiger partial charge in [-0.3, -0.25) is 4.55 Å². The highest BCUT2D eigenvalue weighted by molar-refractivity contribution is 7.84. The van der Waals surface area contributed by atoms with Crippen LogP contribution in [0.3, 0.4) is 0 Å². The van der Waals surface area contributed by atoms with Crippen molar-refractivity contribution in [2.75, 3.05) is 0 Å². The minimum absolute atomic E-state index is 0.498. The van der Waals surface area contributed by atoms with Crippen LogP contribution >= 0.6 is 0 Å². The summed E-state index contributed by atoms with van der Waals surface area (Å²) < 4.78 is 19.1. The normalized spacial score (nSPS) is 11.3. The summed E-state index contributed by atoms with van der Waals surface area (Å²) in [5.74, 6) is 2.73. The van der Waals surface area contributed by atoms with Crippen molar-refractivity contribution in [3.63, 3.8) is 0 Å². The third-order valence-electron chi connectivity index (χ3n) is 2.32. The first-order valence-corrected chi connectivity index (χ1v) is 6.44. The molecule has 0 radical (unpaired) electrons. The largest absolute Gasteiger partial charge is 0.296 e. The smallest absolute Gasteiger partial charge is 0.233 e. The molecule has 0 aliphatic rings. The fourth-order valence-corrected chi connectivity index (χ4v) is 1.79. The van der Waals surface area contributed by atoms with Crippen LogP contribution < -0.4 is 0 Å². The van der Waals surface area contributed by atoms with E-state index >= 15 is 0 Å². The molecule has 1 atom stereocenters. The number of allylic oxidation sites excluding steroid dienone is 1. The van der Waals surface area contributed by atoms with Gasteiger partial charge in [-0.25, -0.2) is 4.21 Å². The third-order valence-corrected chi connectivity index (χ3v) is 2.63. The molecular formula is C14H16O2S. The first kappa shape index (κ1) is 13.7. The molecule has 0 spiro atoms. The van der Waals surface area contributed by atoms with E-state index in [1.54, 1.807) is 0 Å². The molecule has 1 aromatic rings. The zero-order chi connectivity index (χ0) is 12.8. The summed E-state index contributed by atoms with van der Waals surface area (Å²) in [5.41, 5.74) is 4.61. The van der Waals surface area contributed by atoms with Crippen LogP contribution in [0, 0.1) is 18.1 Å². The highest BCUT2D eigenvalue weighted by Gasteiger charge is 2.01. The lowest BCUT2D eigenvalue weighted by Crippen LogP contribution is -1.92. The molecule has 0 aliphatic heterocycles. The monoisotopic (exact) mass is 248 g/mol. The molecule has 0 amide bonds. The molecule has 90 valence electrons. The lowest BCUT2D eigenvalue weighted by Gasteiger charge is -2.07. The molecule has 2 nitrogen and oxygen atoms in total. The molecule has 1 aromatic carbocycles. The molecule has 0 fully saturated rings. The molecule has 0 aromatic heterocycles. The average molecular weight is 248 g/mol. The first-order chi connectivity index (χ1) is 8.00. The Morgan fingerprint density at radius 1 is 1.47 bits per heavy atom. The van der Waals surface area contributed by atoms with Crippen molar-refractivity contribution in [1.82, 2.24) is 0 Å². The van der Waals surface area contributed by atoms with Crippen LogP contribution in [0.2, 0.25) is 0 Å². The van der Waals surface area contributed by atoms with Crippen molar-refractivity contribution < 1.29 is 8.76 Å². The Bertz CT molecular complexity index is 515. The molecule has 3 heteroatoms. The zero-order valence-corrected chi connectivity index (χ0v) is 11.1. The number of rotatable bonds is 2. The quantitative estimate of drug-likeness (QED) is 0.645. The fourth-order valence-electron chi connectivity index (χ4n) is 1.60. The number of hydrogen-bond donors (Lipinski definition) is 1. The zero-order valence-electron chi connectivity index (χ0n) is 10.3. The minimum atomic E-state index is -2.04. The number of benzene rings is 1. The first-order valence-electron chi connectivity index (χ1n) is 5.33. The predicted octanol–water partition coefficient (Wildman–Crippen LogP) is 3.14. The lowest BCUT2D eigenvalue weighted by atomic mass is 9.98. The van der Waals surface area contributed by atoms with Crippen LogP contribution in [0.25, 0.3) is 6.08 Å². The Kier molecular flexibility index (Phi) is 5.14. The van der Waals surface area contributed by atoms with E-state index in [9.17, 15) is 4.21 Å². The fraction of sp³-hybridized carbons (Fsp3) is 0.286. The van der Waals surface area contributed by atoms with E-state index < -0.39 is 11.1 Å². The van der Waals surface area contributed by atoms with Crippen LogP contribution in [0.5, 0.6) is 0 Å². The standard InChI is InChI=1S/C14H16O2S/c1-11(2)10-13-7-4-6-12(3)14(13)8-5-9-17(15)16/h4,6-7,10H,8H2,1-3H3,(H,15,16). The molecule has 0 heterocycles. The maximum Gasteiger partial charge on any atom is 0.233 e. The van der Waals surface area contributed by atoms with Crippen LogP contribution in [0.15, 0.2) is 23.8 Å². The van der Waals surface area contributed by atoms with Gasteiger partial charge in [0.15, 0.2) is 0 Å². The van der Waals surface area contributed by atoms with Gasteiger partial charge in [0.1, 0.15) is 0 Å². The van der Waals surface area contributed by atoms with Crippen molar-refractivity contribution in [1.29, 1.82) is 0 Å². The summed E-state index contributed by atoms with van der Waals surface area (Å²) in [6.07, 6.45) is 2.60. The molecule has 0 saturated carbocycles. The van der Waals surface area contributed by atoms with E-state index in [-0.39, 0.29) is 0 Å². The summed E-state index contributed by atoms with van der Waals surface area (Å²) in [5, 5.41) is 2.26. The summed E-state index contributed by atoms with van der Waals surface area (Å²) >= 11 is -2.04. The van der Waals surface area contributed by atoms with Crippen molar-refractivity contribution in [2.45, 2.75) is 27.2 Å². The van der Waals surface area contributed by atoms with E-state index in [4.69, 9.17) is 4.55 Å². The molecule has 1 N–H and O–H groups in total. The lowest BCUT2D eigenvalue weighted by molar-refractivity contribution is 0.576.